The number of hydrogen-bond donors (Lipinski definition) is 1. The summed E-state index contributed by atoms with van der Waals surface area (Å²) in [5.74, 6) is 0.000199. The Bertz CT molecular complexity index is 872. The minimum Gasteiger partial charge on any atom is -0.464 e. The average Bonchev–Trinajstić information content (AvgIpc) is 2.97. The molecule has 25 heavy (non-hydrogen) atoms. The van der Waals surface area contributed by atoms with Crippen LogP contribution in [0, 0.1) is 0 Å². The first-order valence-electron chi connectivity index (χ1n) is 8.69. The molecule has 0 aliphatic heterocycles. The number of nitrogens with one attached hydrogen (secondary N) is 1. The molecule has 0 aliphatic carbocycles. The van der Waals surface area contributed by atoms with Crippen LogP contribution in [-0.2, 0) is 16.6 Å². The third kappa shape index (κ3) is 3.93. The van der Waals surface area contributed by atoms with Crippen molar-refractivity contribution in [3.63, 3.8) is 0 Å². The van der Waals surface area contributed by atoms with Crippen LogP contribution in [0.15, 0.2) is 59.2 Å². The minimum atomic E-state index is -0.0167. The largest absolute Gasteiger partial charge is 0.464 e. The summed E-state index contributed by atoms with van der Waals surface area (Å²) in [7, 11) is 0. The Morgan fingerprint density at radius 1 is 1.12 bits per heavy atom. The number of amides is 1. The fraction of sp³-hybridized carbons (Fsp3) is 0.318. The van der Waals surface area contributed by atoms with Gasteiger partial charge in [-0.05, 0) is 35.6 Å². The van der Waals surface area contributed by atoms with Gasteiger partial charge < -0.3 is 9.73 Å². The molecular weight excluding hydrogens is 310 g/mol. The van der Waals surface area contributed by atoms with E-state index in [1.807, 2.05) is 43.3 Å². The molecule has 3 nitrogen and oxygen atoms in total. The van der Waals surface area contributed by atoms with Crippen molar-refractivity contribution < 1.29 is 9.21 Å². The second kappa shape index (κ2) is 6.75. The van der Waals surface area contributed by atoms with Gasteiger partial charge in [-0.2, -0.15) is 0 Å². The monoisotopic (exact) mass is 335 g/mol. The summed E-state index contributed by atoms with van der Waals surface area (Å²) in [4.78, 5) is 12.5. The highest BCUT2D eigenvalue weighted by Crippen LogP contribution is 2.29. The Labute approximate surface area is 149 Å². The Hall–Kier alpha value is -2.55. The molecule has 3 rings (SSSR count). The first-order valence-corrected chi connectivity index (χ1v) is 8.69. The van der Waals surface area contributed by atoms with Gasteiger partial charge in [0.05, 0.1) is 18.7 Å². The van der Waals surface area contributed by atoms with Gasteiger partial charge in [0.25, 0.3) is 0 Å². The van der Waals surface area contributed by atoms with E-state index in [0.29, 0.717) is 6.42 Å². The van der Waals surface area contributed by atoms with Crippen LogP contribution >= 0.6 is 0 Å². The molecular formula is C22H25NO2. The van der Waals surface area contributed by atoms with Gasteiger partial charge in [-0.25, -0.2) is 0 Å². The van der Waals surface area contributed by atoms with Gasteiger partial charge in [0.15, 0.2) is 0 Å². The summed E-state index contributed by atoms with van der Waals surface area (Å²) in [6.45, 7) is 8.55. The summed E-state index contributed by atoms with van der Waals surface area (Å²) in [5, 5.41) is 4.09. The molecule has 0 aliphatic rings. The minimum absolute atomic E-state index is 0.000199. The second-order valence-corrected chi connectivity index (χ2v) is 7.60. The van der Waals surface area contributed by atoms with E-state index >= 15 is 0 Å². The normalized spacial score (nSPS) is 13.0. The van der Waals surface area contributed by atoms with Gasteiger partial charge in [-0.15, -0.1) is 0 Å². The first-order chi connectivity index (χ1) is 11.8. The van der Waals surface area contributed by atoms with Crippen molar-refractivity contribution >= 4 is 16.9 Å². The van der Waals surface area contributed by atoms with Gasteiger partial charge in [0.2, 0.25) is 5.91 Å². The molecule has 1 atom stereocenters. The molecule has 1 heterocycles. The highest BCUT2D eigenvalue weighted by Gasteiger charge is 2.17. The van der Waals surface area contributed by atoms with Gasteiger partial charge in [-0.3, -0.25) is 4.79 Å². The van der Waals surface area contributed by atoms with Gasteiger partial charge in [0, 0.05) is 10.9 Å². The molecule has 1 aromatic heterocycles. The molecule has 130 valence electrons. The maximum atomic E-state index is 12.5. The van der Waals surface area contributed by atoms with Crippen molar-refractivity contribution in [2.75, 3.05) is 0 Å². The third-order valence-electron chi connectivity index (χ3n) is 4.55. The molecule has 0 saturated heterocycles. The summed E-state index contributed by atoms with van der Waals surface area (Å²) in [6.07, 6.45) is 2.02. The molecule has 3 aromatic rings. The van der Waals surface area contributed by atoms with Crippen molar-refractivity contribution in [1.29, 1.82) is 0 Å². The van der Waals surface area contributed by atoms with Gasteiger partial charge in [-0.1, -0.05) is 57.2 Å². The molecule has 0 spiro atoms. The van der Waals surface area contributed by atoms with Crippen LogP contribution in [0.5, 0.6) is 0 Å². The lowest BCUT2D eigenvalue weighted by atomic mass is 9.86. The Morgan fingerprint density at radius 3 is 2.52 bits per heavy atom. The number of hydrogen-bond acceptors (Lipinski definition) is 2. The Balaban J connectivity index is 1.77. The highest BCUT2D eigenvalue weighted by atomic mass is 16.3. The van der Waals surface area contributed by atoms with E-state index < -0.39 is 0 Å². The van der Waals surface area contributed by atoms with E-state index in [0.717, 1.165) is 22.1 Å². The van der Waals surface area contributed by atoms with Gasteiger partial charge in [0.1, 0.15) is 5.58 Å². The standard InChI is InChI=1S/C22H25NO2/c1-15(16-8-6-5-7-9-16)23-21(24)12-17-14-25-20-11-10-18(13-19(17)20)22(2,3)4/h5-11,13-15H,12H2,1-4H3,(H,23,24). The fourth-order valence-electron chi connectivity index (χ4n) is 2.98. The lowest BCUT2D eigenvalue weighted by Gasteiger charge is -2.19. The van der Waals surface area contributed by atoms with Crippen LogP contribution in [0.1, 0.15) is 50.4 Å². The van der Waals surface area contributed by atoms with E-state index in [1.54, 1.807) is 6.26 Å². The van der Waals surface area contributed by atoms with Crippen molar-refractivity contribution in [1.82, 2.24) is 5.32 Å². The molecule has 3 heteroatoms. The lowest BCUT2D eigenvalue weighted by Crippen LogP contribution is -2.28. The maximum Gasteiger partial charge on any atom is 0.225 e. The third-order valence-corrected chi connectivity index (χ3v) is 4.55. The predicted molar refractivity (Wildman–Crippen MR) is 102 cm³/mol. The van der Waals surface area contributed by atoms with Gasteiger partial charge >= 0.3 is 0 Å². The zero-order valence-electron chi connectivity index (χ0n) is 15.3. The molecule has 0 bridgehead atoms. The summed E-state index contributed by atoms with van der Waals surface area (Å²) in [5.41, 5.74) is 4.15. The Kier molecular flexibility index (Phi) is 4.67. The van der Waals surface area contributed by atoms with Crippen LogP contribution in [-0.4, -0.2) is 5.91 Å². The second-order valence-electron chi connectivity index (χ2n) is 7.60. The zero-order valence-corrected chi connectivity index (χ0v) is 15.3. The first kappa shape index (κ1) is 17.3. The quantitative estimate of drug-likeness (QED) is 0.716. The van der Waals surface area contributed by atoms with Crippen LogP contribution in [0.2, 0.25) is 0 Å². The van der Waals surface area contributed by atoms with E-state index in [4.69, 9.17) is 4.42 Å². The van der Waals surface area contributed by atoms with Crippen LogP contribution in [0.4, 0.5) is 0 Å². The van der Waals surface area contributed by atoms with E-state index in [2.05, 4.69) is 38.2 Å². The smallest absolute Gasteiger partial charge is 0.225 e. The summed E-state index contributed by atoms with van der Waals surface area (Å²) < 4.78 is 5.63. The maximum absolute atomic E-state index is 12.5. The SMILES string of the molecule is CC(NC(=O)Cc1coc2ccc(C(C)(C)C)cc12)c1ccccc1. The van der Waals surface area contributed by atoms with Crippen LogP contribution in [0.25, 0.3) is 11.0 Å². The molecule has 1 N–H and O–H groups in total. The number of carbonyl (C=O) groups excluding carboxylic acids is 1. The fourth-order valence-corrected chi connectivity index (χ4v) is 2.98. The number of fused-ring (bicyclic) bond motifs is 1. The number of furan rings is 1. The van der Waals surface area contributed by atoms with E-state index in [9.17, 15) is 4.79 Å². The average molecular weight is 335 g/mol. The topological polar surface area (TPSA) is 42.2 Å². The van der Waals surface area contributed by atoms with Crippen LogP contribution in [0.3, 0.4) is 0 Å². The van der Waals surface area contributed by atoms with Crippen molar-refractivity contribution in [2.24, 2.45) is 0 Å². The highest BCUT2D eigenvalue weighted by molar-refractivity contribution is 5.88. The zero-order chi connectivity index (χ0) is 18.0. The lowest BCUT2D eigenvalue weighted by molar-refractivity contribution is -0.121. The number of benzene rings is 2. The van der Waals surface area contributed by atoms with Crippen molar-refractivity contribution in [3.05, 3.63) is 71.5 Å². The molecule has 0 saturated carbocycles. The number of carbonyl (C=O) groups is 1. The summed E-state index contributed by atoms with van der Waals surface area (Å²) in [6, 6.07) is 16.2. The van der Waals surface area contributed by atoms with E-state index in [1.165, 1.54) is 5.56 Å². The predicted octanol–water partition coefficient (Wildman–Crippen LogP) is 5.15. The molecule has 1 unspecified atom stereocenters. The molecule has 0 radical (unpaired) electrons. The van der Waals surface area contributed by atoms with Crippen LogP contribution < -0.4 is 5.32 Å². The summed E-state index contributed by atoms with van der Waals surface area (Å²) >= 11 is 0. The Morgan fingerprint density at radius 2 is 1.84 bits per heavy atom. The molecule has 2 aromatic carbocycles. The molecule has 1 amide bonds. The van der Waals surface area contributed by atoms with Crippen molar-refractivity contribution in [3.8, 4) is 0 Å². The molecule has 0 fully saturated rings. The van der Waals surface area contributed by atoms with Crippen molar-refractivity contribution in [2.45, 2.75) is 45.6 Å². The number of rotatable bonds is 4. The van der Waals surface area contributed by atoms with E-state index in [-0.39, 0.29) is 17.4 Å².